The minimum Gasteiger partial charge on any atom is -0.289 e. The zero-order valence-electron chi connectivity index (χ0n) is 5.33. The fraction of sp³-hybridized carbons (Fsp3) is 0. The van der Waals surface area contributed by atoms with Gasteiger partial charge in [0.25, 0.3) is 0 Å². The van der Waals surface area contributed by atoms with Gasteiger partial charge in [0.05, 0.1) is 9.39 Å². The molecule has 58 valence electrons. The third-order valence-corrected chi connectivity index (χ3v) is 2.32. The number of hydrogen-bond donors (Lipinski definition) is 1. The molecule has 1 rings (SSSR count). The summed E-state index contributed by atoms with van der Waals surface area (Å²) in [7, 11) is 0. The molecule has 0 fully saturated rings. The highest BCUT2D eigenvalue weighted by atomic mass is 79.9. The number of carbonyl (C=O) groups excluding carboxylic acids is 2. The number of ketones is 2. The lowest BCUT2D eigenvalue weighted by Gasteiger charge is -2.03. The van der Waals surface area contributed by atoms with Gasteiger partial charge >= 0.3 is 0 Å². The molecule has 1 aliphatic carbocycles. The summed E-state index contributed by atoms with van der Waals surface area (Å²) >= 11 is 3.73. The molecule has 1 aliphatic rings. The molecule has 0 amide bonds. The first kappa shape index (κ1) is 8.70. The van der Waals surface area contributed by atoms with Crippen LogP contribution in [0.3, 0.4) is 0 Å². The van der Waals surface area contributed by atoms with Crippen molar-refractivity contribution in [2.45, 2.75) is 0 Å². The van der Waals surface area contributed by atoms with Crippen molar-refractivity contribution < 1.29 is 9.59 Å². The molecule has 11 heavy (non-hydrogen) atoms. The molecule has 3 nitrogen and oxygen atoms in total. The van der Waals surface area contributed by atoms with E-state index >= 15 is 0 Å². The van der Waals surface area contributed by atoms with Gasteiger partial charge < -0.3 is 0 Å². The average molecular weight is 234 g/mol. The summed E-state index contributed by atoms with van der Waals surface area (Å²) in [5.41, 5.74) is 0. The Morgan fingerprint density at radius 2 is 1.91 bits per heavy atom. The fourth-order valence-corrected chi connectivity index (χ4v) is 1.28. The van der Waals surface area contributed by atoms with Crippen molar-refractivity contribution in [1.29, 1.82) is 0 Å². The van der Waals surface area contributed by atoms with Crippen LogP contribution in [0.1, 0.15) is 0 Å². The van der Waals surface area contributed by atoms with Gasteiger partial charge in [-0.25, -0.2) is 0 Å². The van der Waals surface area contributed by atoms with Gasteiger partial charge in [-0.3, -0.25) is 14.7 Å². The van der Waals surface area contributed by atoms with E-state index in [-0.39, 0.29) is 21.0 Å². The first-order valence-corrected chi connectivity index (χ1v) is 4.36. The van der Waals surface area contributed by atoms with Crippen LogP contribution in [0.5, 0.6) is 0 Å². The van der Waals surface area contributed by atoms with Crippen LogP contribution < -0.4 is 5.14 Å². The highest BCUT2D eigenvalue weighted by Gasteiger charge is 2.17. The molecule has 0 unspecified atom stereocenters. The van der Waals surface area contributed by atoms with Crippen LogP contribution in [-0.4, -0.2) is 11.6 Å². The molecule has 5 heteroatoms. The lowest BCUT2D eigenvalue weighted by molar-refractivity contribution is -0.114. The van der Waals surface area contributed by atoms with E-state index in [1.807, 2.05) is 0 Å². The molecule has 0 spiro atoms. The van der Waals surface area contributed by atoms with Crippen LogP contribution in [0.15, 0.2) is 21.5 Å². The van der Waals surface area contributed by atoms with Gasteiger partial charge in [0.1, 0.15) is 0 Å². The SMILES string of the molecule is NSC1=CC(=O)C(Br)=CC1=O. The standard InChI is InChI=1S/C6H4BrNO2S/c7-3-1-5(10)6(11-8)2-4(3)9/h1-2H,8H2. The minimum atomic E-state index is -0.232. The van der Waals surface area contributed by atoms with Crippen molar-refractivity contribution in [3.8, 4) is 0 Å². The second-order valence-electron chi connectivity index (χ2n) is 1.85. The first-order valence-electron chi connectivity index (χ1n) is 2.69. The van der Waals surface area contributed by atoms with Crippen molar-refractivity contribution in [2.75, 3.05) is 0 Å². The van der Waals surface area contributed by atoms with Crippen LogP contribution in [0.25, 0.3) is 0 Å². The van der Waals surface area contributed by atoms with E-state index < -0.39 is 0 Å². The van der Waals surface area contributed by atoms with Gasteiger partial charge in [-0.2, -0.15) is 0 Å². The van der Waals surface area contributed by atoms with Crippen molar-refractivity contribution in [1.82, 2.24) is 0 Å². The lowest BCUT2D eigenvalue weighted by Crippen LogP contribution is -2.09. The topological polar surface area (TPSA) is 60.2 Å². The molecule has 0 heterocycles. The summed E-state index contributed by atoms with van der Waals surface area (Å²) in [6.45, 7) is 0. The number of allylic oxidation sites excluding steroid dienone is 4. The Balaban J connectivity index is 2.98. The van der Waals surface area contributed by atoms with E-state index in [1.165, 1.54) is 12.2 Å². The molecule has 0 atom stereocenters. The van der Waals surface area contributed by atoms with Gasteiger partial charge in [0.2, 0.25) is 0 Å². The summed E-state index contributed by atoms with van der Waals surface area (Å²) in [4.78, 5) is 22.1. The largest absolute Gasteiger partial charge is 0.289 e. The number of nitrogens with two attached hydrogens (primary N) is 1. The van der Waals surface area contributed by atoms with Gasteiger partial charge in [-0.1, -0.05) is 0 Å². The van der Waals surface area contributed by atoms with E-state index in [0.29, 0.717) is 0 Å². The first-order chi connectivity index (χ1) is 5.15. The summed E-state index contributed by atoms with van der Waals surface area (Å²) in [6.07, 6.45) is 2.44. The number of carbonyl (C=O) groups is 2. The lowest BCUT2D eigenvalue weighted by atomic mass is 10.2. The molecule has 0 aromatic carbocycles. The van der Waals surface area contributed by atoms with Crippen molar-refractivity contribution >= 4 is 39.4 Å². The van der Waals surface area contributed by atoms with E-state index in [4.69, 9.17) is 5.14 Å². The second-order valence-corrected chi connectivity index (χ2v) is 3.38. The van der Waals surface area contributed by atoms with Crippen LogP contribution in [0, 0.1) is 0 Å². The quantitative estimate of drug-likeness (QED) is 0.541. The Morgan fingerprint density at radius 1 is 1.27 bits per heavy atom. The van der Waals surface area contributed by atoms with Crippen molar-refractivity contribution in [3.63, 3.8) is 0 Å². The van der Waals surface area contributed by atoms with Gasteiger partial charge in [0.15, 0.2) is 11.6 Å². The molecule has 0 aromatic rings. The summed E-state index contributed by atoms with van der Waals surface area (Å²) in [5, 5.41) is 5.13. The highest BCUT2D eigenvalue weighted by Crippen LogP contribution is 2.20. The monoisotopic (exact) mass is 233 g/mol. The summed E-state index contributed by atoms with van der Waals surface area (Å²) in [5.74, 6) is -0.457. The van der Waals surface area contributed by atoms with Gasteiger partial charge in [-0.15, -0.1) is 0 Å². The van der Waals surface area contributed by atoms with Crippen molar-refractivity contribution in [2.24, 2.45) is 5.14 Å². The van der Waals surface area contributed by atoms with E-state index in [2.05, 4.69) is 15.9 Å². The number of hydrogen-bond acceptors (Lipinski definition) is 4. The van der Waals surface area contributed by atoms with E-state index in [1.54, 1.807) is 0 Å². The Morgan fingerprint density at radius 3 is 2.45 bits per heavy atom. The van der Waals surface area contributed by atoms with Crippen LogP contribution >= 0.6 is 27.9 Å². The number of halogens is 1. The second kappa shape index (κ2) is 3.34. The Kier molecular flexibility index (Phi) is 2.64. The van der Waals surface area contributed by atoms with Crippen LogP contribution in [-0.2, 0) is 9.59 Å². The molecule has 0 radical (unpaired) electrons. The summed E-state index contributed by atoms with van der Waals surface area (Å²) < 4.78 is 0.278. The molecule has 0 bridgehead atoms. The Hall–Kier alpha value is -0.390. The Bertz CT molecular complexity index is 282. The van der Waals surface area contributed by atoms with Crippen LogP contribution in [0.4, 0.5) is 0 Å². The molecule has 0 aromatic heterocycles. The third kappa shape index (κ3) is 1.79. The smallest absolute Gasteiger partial charge is 0.194 e. The maximum absolute atomic E-state index is 11.0. The molecular weight excluding hydrogens is 230 g/mol. The maximum atomic E-state index is 11.0. The normalized spacial score (nSPS) is 18.0. The third-order valence-electron chi connectivity index (χ3n) is 1.13. The average Bonchev–Trinajstić information content (AvgIpc) is 1.97. The predicted octanol–water partition coefficient (Wildman–Crippen LogP) is 0.908. The highest BCUT2D eigenvalue weighted by molar-refractivity contribution is 9.12. The zero-order chi connectivity index (χ0) is 8.43. The van der Waals surface area contributed by atoms with Gasteiger partial charge in [-0.05, 0) is 27.9 Å². The molecule has 0 saturated carbocycles. The summed E-state index contributed by atoms with van der Waals surface area (Å²) in [6, 6.07) is 0. The minimum absolute atomic E-state index is 0.224. The zero-order valence-corrected chi connectivity index (χ0v) is 7.74. The predicted molar refractivity (Wildman–Crippen MR) is 46.9 cm³/mol. The van der Waals surface area contributed by atoms with Crippen LogP contribution in [0.2, 0.25) is 0 Å². The maximum Gasteiger partial charge on any atom is 0.194 e. The Labute approximate surface area is 76.0 Å². The molecule has 0 saturated heterocycles. The fourth-order valence-electron chi connectivity index (χ4n) is 0.609. The van der Waals surface area contributed by atoms with E-state index in [9.17, 15) is 9.59 Å². The van der Waals surface area contributed by atoms with E-state index in [0.717, 1.165) is 11.9 Å². The molecule has 0 aliphatic heterocycles. The molecule has 2 N–H and O–H groups in total. The van der Waals surface area contributed by atoms with Gasteiger partial charge in [0, 0.05) is 12.2 Å². The van der Waals surface area contributed by atoms with Crippen molar-refractivity contribution in [3.05, 3.63) is 21.5 Å². The number of rotatable bonds is 1. The molecular formula is C6H4BrNO2S.